The van der Waals surface area contributed by atoms with Crippen molar-refractivity contribution in [3.8, 4) is 0 Å². The lowest BCUT2D eigenvalue weighted by Gasteiger charge is -2.17. The first-order chi connectivity index (χ1) is 8.20. The molecule has 1 aliphatic rings. The predicted octanol–water partition coefficient (Wildman–Crippen LogP) is 4.37. The maximum atomic E-state index is 13.4. The molecule has 0 amide bonds. The smallest absolute Gasteiger partial charge is 0.142 e. The Kier molecular flexibility index (Phi) is 4.19. The van der Waals surface area contributed by atoms with Crippen molar-refractivity contribution < 1.29 is 4.39 Å². The molecule has 0 saturated carbocycles. The standard InChI is InChI=1S/C14H17ClFN/c15-13-11(8-5-9-12(13)16)14(17)10-6-3-1-2-4-7-10/h5-6,8-9,14H,1-4,7,17H2. The second kappa shape index (κ2) is 5.65. The first-order valence-electron chi connectivity index (χ1n) is 6.08. The highest BCUT2D eigenvalue weighted by molar-refractivity contribution is 6.31. The molecule has 0 spiro atoms. The molecule has 17 heavy (non-hydrogen) atoms. The maximum Gasteiger partial charge on any atom is 0.142 e. The average molecular weight is 254 g/mol. The van der Waals surface area contributed by atoms with Crippen molar-refractivity contribution in [2.75, 3.05) is 0 Å². The summed E-state index contributed by atoms with van der Waals surface area (Å²) in [6.07, 6.45) is 7.87. The van der Waals surface area contributed by atoms with Gasteiger partial charge in [-0.3, -0.25) is 0 Å². The molecule has 1 nitrogen and oxygen atoms in total. The highest BCUT2D eigenvalue weighted by Gasteiger charge is 2.17. The largest absolute Gasteiger partial charge is 0.320 e. The Morgan fingerprint density at radius 1 is 1.24 bits per heavy atom. The van der Waals surface area contributed by atoms with E-state index in [2.05, 4.69) is 6.08 Å². The van der Waals surface area contributed by atoms with Gasteiger partial charge >= 0.3 is 0 Å². The lowest BCUT2D eigenvalue weighted by atomic mass is 9.96. The second-order valence-electron chi connectivity index (χ2n) is 4.50. The Hall–Kier alpha value is -0.860. The third-order valence-corrected chi connectivity index (χ3v) is 3.69. The zero-order valence-corrected chi connectivity index (χ0v) is 10.5. The molecule has 0 heterocycles. The summed E-state index contributed by atoms with van der Waals surface area (Å²) in [5.74, 6) is -0.395. The Morgan fingerprint density at radius 3 is 2.88 bits per heavy atom. The van der Waals surface area contributed by atoms with E-state index < -0.39 is 5.82 Å². The SMILES string of the molecule is NC(C1=CCCCCC1)c1cccc(F)c1Cl. The van der Waals surface area contributed by atoms with Gasteiger partial charge in [0.15, 0.2) is 0 Å². The molecule has 0 bridgehead atoms. The monoisotopic (exact) mass is 253 g/mol. The molecule has 1 unspecified atom stereocenters. The minimum atomic E-state index is -0.395. The van der Waals surface area contributed by atoms with Gasteiger partial charge in [0.05, 0.1) is 11.1 Å². The number of benzene rings is 1. The van der Waals surface area contributed by atoms with Crippen LogP contribution in [0.1, 0.15) is 43.7 Å². The molecular formula is C14H17ClFN. The summed E-state index contributed by atoms with van der Waals surface area (Å²) in [4.78, 5) is 0. The van der Waals surface area contributed by atoms with Gasteiger partial charge in [-0.25, -0.2) is 4.39 Å². The lowest BCUT2D eigenvalue weighted by molar-refractivity contribution is 0.622. The average Bonchev–Trinajstić information content (AvgIpc) is 2.60. The van der Waals surface area contributed by atoms with Crippen molar-refractivity contribution in [3.05, 3.63) is 46.3 Å². The fraction of sp³-hybridized carbons (Fsp3) is 0.429. The van der Waals surface area contributed by atoms with Crippen molar-refractivity contribution in [1.29, 1.82) is 0 Å². The van der Waals surface area contributed by atoms with Gasteiger partial charge in [-0.1, -0.05) is 41.8 Å². The maximum absolute atomic E-state index is 13.4. The number of hydrogen-bond donors (Lipinski definition) is 1. The Balaban J connectivity index is 2.26. The van der Waals surface area contributed by atoms with Crippen molar-refractivity contribution in [3.63, 3.8) is 0 Å². The zero-order chi connectivity index (χ0) is 12.3. The lowest BCUT2D eigenvalue weighted by Crippen LogP contribution is -2.14. The first kappa shape index (κ1) is 12.6. The van der Waals surface area contributed by atoms with E-state index in [1.807, 2.05) is 6.07 Å². The van der Waals surface area contributed by atoms with Gasteiger partial charge in [0.1, 0.15) is 5.82 Å². The van der Waals surface area contributed by atoms with E-state index in [4.69, 9.17) is 17.3 Å². The van der Waals surface area contributed by atoms with E-state index in [0.717, 1.165) is 19.3 Å². The number of rotatable bonds is 2. The summed E-state index contributed by atoms with van der Waals surface area (Å²) in [6, 6.07) is 4.56. The molecular weight excluding hydrogens is 237 g/mol. The van der Waals surface area contributed by atoms with Crippen LogP contribution in [0.4, 0.5) is 4.39 Å². The van der Waals surface area contributed by atoms with E-state index in [1.165, 1.54) is 24.5 Å². The van der Waals surface area contributed by atoms with E-state index in [0.29, 0.717) is 5.56 Å². The van der Waals surface area contributed by atoms with Crippen LogP contribution in [-0.2, 0) is 0 Å². The minimum absolute atomic E-state index is 0.158. The van der Waals surface area contributed by atoms with Crippen molar-refractivity contribution in [1.82, 2.24) is 0 Å². The summed E-state index contributed by atoms with van der Waals surface area (Å²) < 4.78 is 13.4. The number of nitrogens with two attached hydrogens (primary N) is 1. The summed E-state index contributed by atoms with van der Waals surface area (Å²) in [5, 5.41) is 0.158. The van der Waals surface area contributed by atoms with Gasteiger partial charge in [-0.2, -0.15) is 0 Å². The summed E-state index contributed by atoms with van der Waals surface area (Å²) in [5.41, 5.74) is 8.07. The normalized spacial score (nSPS) is 18.4. The summed E-state index contributed by atoms with van der Waals surface area (Å²) in [6.45, 7) is 0. The summed E-state index contributed by atoms with van der Waals surface area (Å²) in [7, 11) is 0. The Morgan fingerprint density at radius 2 is 2.06 bits per heavy atom. The molecule has 1 aromatic rings. The van der Waals surface area contributed by atoms with Crippen LogP contribution in [0.5, 0.6) is 0 Å². The molecule has 0 radical (unpaired) electrons. The molecule has 0 fully saturated rings. The third-order valence-electron chi connectivity index (χ3n) is 3.29. The Bertz CT molecular complexity index is 428. The van der Waals surface area contributed by atoms with Crippen LogP contribution < -0.4 is 5.73 Å². The van der Waals surface area contributed by atoms with E-state index in [1.54, 1.807) is 6.07 Å². The van der Waals surface area contributed by atoms with E-state index in [-0.39, 0.29) is 11.1 Å². The molecule has 0 aliphatic heterocycles. The Labute approximate surface area is 106 Å². The highest BCUT2D eigenvalue weighted by atomic mass is 35.5. The van der Waals surface area contributed by atoms with Crippen molar-refractivity contribution in [2.24, 2.45) is 5.73 Å². The molecule has 3 heteroatoms. The van der Waals surface area contributed by atoms with Gasteiger partial charge in [0, 0.05) is 0 Å². The van der Waals surface area contributed by atoms with Crippen LogP contribution >= 0.6 is 11.6 Å². The molecule has 0 aromatic heterocycles. The topological polar surface area (TPSA) is 26.0 Å². The van der Waals surface area contributed by atoms with Gasteiger partial charge in [-0.05, 0) is 37.3 Å². The molecule has 0 saturated heterocycles. The molecule has 92 valence electrons. The van der Waals surface area contributed by atoms with Crippen LogP contribution in [0.3, 0.4) is 0 Å². The molecule has 2 N–H and O–H groups in total. The number of allylic oxidation sites excluding steroid dienone is 1. The van der Waals surface area contributed by atoms with Gasteiger partial charge in [0.25, 0.3) is 0 Å². The van der Waals surface area contributed by atoms with Crippen LogP contribution in [0.15, 0.2) is 29.8 Å². The molecule has 1 atom stereocenters. The quantitative estimate of drug-likeness (QED) is 0.779. The molecule has 2 rings (SSSR count). The van der Waals surface area contributed by atoms with Crippen LogP contribution in [0, 0.1) is 5.82 Å². The molecule has 1 aromatic carbocycles. The van der Waals surface area contributed by atoms with Gasteiger partial charge < -0.3 is 5.73 Å². The number of halogens is 2. The zero-order valence-electron chi connectivity index (χ0n) is 9.76. The fourth-order valence-corrected chi connectivity index (χ4v) is 2.53. The van der Waals surface area contributed by atoms with Gasteiger partial charge in [0.2, 0.25) is 0 Å². The minimum Gasteiger partial charge on any atom is -0.320 e. The van der Waals surface area contributed by atoms with Crippen LogP contribution in [0.2, 0.25) is 5.02 Å². The third kappa shape index (κ3) is 2.88. The van der Waals surface area contributed by atoms with E-state index >= 15 is 0 Å². The predicted molar refractivity (Wildman–Crippen MR) is 69.5 cm³/mol. The summed E-state index contributed by atoms with van der Waals surface area (Å²) >= 11 is 5.97. The van der Waals surface area contributed by atoms with Crippen molar-refractivity contribution >= 4 is 11.6 Å². The fourth-order valence-electron chi connectivity index (χ4n) is 2.28. The number of hydrogen-bond acceptors (Lipinski definition) is 1. The molecule has 1 aliphatic carbocycles. The van der Waals surface area contributed by atoms with Crippen LogP contribution in [-0.4, -0.2) is 0 Å². The van der Waals surface area contributed by atoms with E-state index in [9.17, 15) is 4.39 Å². The van der Waals surface area contributed by atoms with Crippen LogP contribution in [0.25, 0.3) is 0 Å². The first-order valence-corrected chi connectivity index (χ1v) is 6.46. The van der Waals surface area contributed by atoms with Gasteiger partial charge in [-0.15, -0.1) is 0 Å². The highest BCUT2D eigenvalue weighted by Crippen LogP contribution is 2.32. The second-order valence-corrected chi connectivity index (χ2v) is 4.88. The van der Waals surface area contributed by atoms with Crippen molar-refractivity contribution in [2.45, 2.75) is 38.1 Å².